The highest BCUT2D eigenvalue weighted by Crippen LogP contribution is 2.29. The standard InChI is InChI=1S/C27H29ClN4O/c28-25-13-11-22(12-14-25)21-29-30-26(33)15-16-31-17-19-32(20-18-31)27(23-7-3-1-4-8-23)24-9-5-2-6-10-24/h1-14,21,27H,15-20H2,(H,30,33)/b29-21+. The monoisotopic (exact) mass is 460 g/mol. The van der Waals surface area contributed by atoms with Crippen LogP contribution in [0.4, 0.5) is 0 Å². The Hall–Kier alpha value is -2.99. The second-order valence-electron chi connectivity index (χ2n) is 8.20. The van der Waals surface area contributed by atoms with Crippen LogP contribution in [-0.4, -0.2) is 54.6 Å². The minimum atomic E-state index is -0.0749. The number of amides is 1. The van der Waals surface area contributed by atoms with E-state index in [1.165, 1.54) is 11.1 Å². The summed E-state index contributed by atoms with van der Waals surface area (Å²) < 4.78 is 0. The van der Waals surface area contributed by atoms with Gasteiger partial charge in [0, 0.05) is 44.2 Å². The molecule has 1 N–H and O–H groups in total. The Labute approximate surface area is 200 Å². The van der Waals surface area contributed by atoms with Crippen LogP contribution in [0.25, 0.3) is 0 Å². The predicted molar refractivity (Wildman–Crippen MR) is 135 cm³/mol. The molecule has 0 unspecified atom stereocenters. The first kappa shape index (κ1) is 23.2. The molecule has 1 amide bonds. The minimum absolute atomic E-state index is 0.0749. The van der Waals surface area contributed by atoms with Gasteiger partial charge in [-0.15, -0.1) is 0 Å². The molecule has 1 aliphatic rings. The largest absolute Gasteiger partial charge is 0.300 e. The van der Waals surface area contributed by atoms with Crippen molar-refractivity contribution in [3.05, 3.63) is 107 Å². The number of hydrazone groups is 1. The van der Waals surface area contributed by atoms with Crippen LogP contribution < -0.4 is 5.43 Å². The smallest absolute Gasteiger partial charge is 0.241 e. The number of carbonyl (C=O) groups is 1. The van der Waals surface area contributed by atoms with Crippen LogP contribution in [0.5, 0.6) is 0 Å². The van der Waals surface area contributed by atoms with Gasteiger partial charge in [0.1, 0.15) is 0 Å². The third kappa shape index (κ3) is 6.75. The van der Waals surface area contributed by atoms with E-state index in [-0.39, 0.29) is 11.9 Å². The second-order valence-corrected chi connectivity index (χ2v) is 8.63. The number of halogens is 1. The highest BCUT2D eigenvalue weighted by Gasteiger charge is 2.26. The third-order valence-corrected chi connectivity index (χ3v) is 6.18. The number of piperazine rings is 1. The first-order valence-corrected chi connectivity index (χ1v) is 11.7. The maximum Gasteiger partial charge on any atom is 0.241 e. The normalized spacial score (nSPS) is 15.2. The Morgan fingerprint density at radius 2 is 1.45 bits per heavy atom. The fraction of sp³-hybridized carbons (Fsp3) is 0.259. The van der Waals surface area contributed by atoms with Gasteiger partial charge in [0.2, 0.25) is 5.91 Å². The zero-order chi connectivity index (χ0) is 22.9. The van der Waals surface area contributed by atoms with E-state index >= 15 is 0 Å². The van der Waals surface area contributed by atoms with Gasteiger partial charge in [0.25, 0.3) is 0 Å². The van der Waals surface area contributed by atoms with Crippen molar-refractivity contribution in [2.45, 2.75) is 12.5 Å². The molecule has 1 saturated heterocycles. The first-order valence-electron chi connectivity index (χ1n) is 11.3. The lowest BCUT2D eigenvalue weighted by Gasteiger charge is -2.39. The first-order chi connectivity index (χ1) is 16.2. The van der Waals surface area contributed by atoms with E-state index in [0.29, 0.717) is 11.4 Å². The summed E-state index contributed by atoms with van der Waals surface area (Å²) in [6.07, 6.45) is 2.05. The Kier molecular flexibility index (Phi) is 8.25. The van der Waals surface area contributed by atoms with Gasteiger partial charge in [-0.1, -0.05) is 84.4 Å². The second kappa shape index (κ2) is 11.8. The molecule has 170 valence electrons. The van der Waals surface area contributed by atoms with E-state index in [1.807, 2.05) is 12.1 Å². The van der Waals surface area contributed by atoms with Gasteiger partial charge in [-0.05, 0) is 28.8 Å². The minimum Gasteiger partial charge on any atom is -0.300 e. The number of hydrogen-bond donors (Lipinski definition) is 1. The summed E-state index contributed by atoms with van der Waals surface area (Å²) in [5.41, 5.74) is 6.14. The summed E-state index contributed by atoms with van der Waals surface area (Å²) in [4.78, 5) is 17.1. The average molecular weight is 461 g/mol. The van der Waals surface area contributed by atoms with Gasteiger partial charge in [-0.2, -0.15) is 5.10 Å². The van der Waals surface area contributed by atoms with Gasteiger partial charge in [0.05, 0.1) is 12.3 Å². The molecule has 5 nitrogen and oxygen atoms in total. The highest BCUT2D eigenvalue weighted by molar-refractivity contribution is 6.30. The van der Waals surface area contributed by atoms with Crippen LogP contribution in [-0.2, 0) is 4.79 Å². The van der Waals surface area contributed by atoms with Gasteiger partial charge in [-0.25, -0.2) is 5.43 Å². The molecule has 0 atom stereocenters. The van der Waals surface area contributed by atoms with Crippen molar-refractivity contribution < 1.29 is 4.79 Å². The summed E-state index contributed by atoms with van der Waals surface area (Å²) in [5.74, 6) is -0.0749. The molecule has 1 fully saturated rings. The molecule has 0 spiro atoms. The van der Waals surface area contributed by atoms with Crippen LogP contribution in [0.3, 0.4) is 0 Å². The molecule has 1 aliphatic heterocycles. The number of benzene rings is 3. The van der Waals surface area contributed by atoms with Crippen molar-refractivity contribution in [3.8, 4) is 0 Å². The van der Waals surface area contributed by atoms with Crippen LogP contribution in [0.15, 0.2) is 90.0 Å². The third-order valence-electron chi connectivity index (χ3n) is 5.93. The van der Waals surface area contributed by atoms with E-state index in [1.54, 1.807) is 18.3 Å². The van der Waals surface area contributed by atoms with Crippen molar-refractivity contribution in [1.29, 1.82) is 0 Å². The Morgan fingerprint density at radius 1 is 0.879 bits per heavy atom. The number of nitrogens with one attached hydrogen (secondary N) is 1. The Balaban J connectivity index is 1.26. The number of rotatable bonds is 8. The van der Waals surface area contributed by atoms with Crippen LogP contribution in [0.1, 0.15) is 29.2 Å². The lowest BCUT2D eigenvalue weighted by Crippen LogP contribution is -2.48. The Bertz CT molecular complexity index is 993. The molecule has 3 aromatic carbocycles. The van der Waals surface area contributed by atoms with Crippen LogP contribution in [0, 0.1) is 0 Å². The summed E-state index contributed by atoms with van der Waals surface area (Å²) in [7, 11) is 0. The van der Waals surface area contributed by atoms with Crippen molar-refractivity contribution in [2.75, 3.05) is 32.7 Å². The summed E-state index contributed by atoms with van der Waals surface area (Å²) in [6, 6.07) is 28.9. The van der Waals surface area contributed by atoms with Crippen molar-refractivity contribution in [3.63, 3.8) is 0 Å². The number of hydrogen-bond acceptors (Lipinski definition) is 4. The molecule has 1 heterocycles. The molecule has 0 bridgehead atoms. The highest BCUT2D eigenvalue weighted by atomic mass is 35.5. The van der Waals surface area contributed by atoms with E-state index in [4.69, 9.17) is 11.6 Å². The van der Waals surface area contributed by atoms with Crippen molar-refractivity contribution in [2.24, 2.45) is 5.10 Å². The van der Waals surface area contributed by atoms with Crippen LogP contribution in [0.2, 0.25) is 5.02 Å². The van der Waals surface area contributed by atoms with Gasteiger partial charge >= 0.3 is 0 Å². The fourth-order valence-electron chi connectivity index (χ4n) is 4.17. The zero-order valence-electron chi connectivity index (χ0n) is 18.6. The van der Waals surface area contributed by atoms with Crippen molar-refractivity contribution in [1.82, 2.24) is 15.2 Å². The molecule has 0 radical (unpaired) electrons. The van der Waals surface area contributed by atoms with Gasteiger partial charge in [-0.3, -0.25) is 9.69 Å². The molecular formula is C27H29ClN4O. The molecule has 4 rings (SSSR count). The van der Waals surface area contributed by atoms with Gasteiger partial charge in [0.15, 0.2) is 0 Å². The molecule has 3 aromatic rings. The molecule has 0 saturated carbocycles. The molecule has 0 aliphatic carbocycles. The molecule has 6 heteroatoms. The maximum absolute atomic E-state index is 12.2. The lowest BCUT2D eigenvalue weighted by molar-refractivity contribution is -0.121. The van der Waals surface area contributed by atoms with Crippen LogP contribution >= 0.6 is 11.6 Å². The van der Waals surface area contributed by atoms with Crippen molar-refractivity contribution >= 4 is 23.7 Å². The maximum atomic E-state index is 12.2. The zero-order valence-corrected chi connectivity index (χ0v) is 19.4. The lowest BCUT2D eigenvalue weighted by atomic mass is 9.96. The molecule has 0 aromatic heterocycles. The summed E-state index contributed by atoms with van der Waals surface area (Å²) in [5, 5.41) is 4.72. The van der Waals surface area contributed by atoms with E-state index < -0.39 is 0 Å². The molecular weight excluding hydrogens is 432 g/mol. The topological polar surface area (TPSA) is 47.9 Å². The van der Waals surface area contributed by atoms with E-state index in [9.17, 15) is 4.79 Å². The summed E-state index contributed by atoms with van der Waals surface area (Å²) >= 11 is 5.88. The van der Waals surface area contributed by atoms with E-state index in [2.05, 4.69) is 81.0 Å². The number of nitrogens with zero attached hydrogens (tertiary/aromatic N) is 3. The quantitative estimate of drug-likeness (QED) is 0.395. The van der Waals surface area contributed by atoms with Gasteiger partial charge < -0.3 is 4.90 Å². The SMILES string of the molecule is O=C(CCN1CCN(C(c2ccccc2)c2ccccc2)CC1)N/N=C/c1ccc(Cl)cc1. The number of carbonyl (C=O) groups excluding carboxylic acids is 1. The fourth-order valence-corrected chi connectivity index (χ4v) is 4.30. The predicted octanol–water partition coefficient (Wildman–Crippen LogP) is 4.59. The van der Waals surface area contributed by atoms with E-state index in [0.717, 1.165) is 38.3 Å². The summed E-state index contributed by atoms with van der Waals surface area (Å²) in [6.45, 7) is 4.54. The Morgan fingerprint density at radius 3 is 2.03 bits per heavy atom. The molecule has 33 heavy (non-hydrogen) atoms. The average Bonchev–Trinajstić information content (AvgIpc) is 2.86.